The number of aromatic nitrogens is 1. The summed E-state index contributed by atoms with van der Waals surface area (Å²) in [6, 6.07) is 12.6. The molecule has 2 rings (SSSR count). The number of nitrogens with one attached hydrogen (secondary N) is 3. The molecule has 3 N–H and O–H groups in total. The molecule has 0 saturated carbocycles. The summed E-state index contributed by atoms with van der Waals surface area (Å²) in [6.07, 6.45) is 6.56. The average Bonchev–Trinajstić information content (AvgIpc) is 2.75. The monoisotopic (exact) mass is 388 g/mol. The molecule has 1 aromatic heterocycles. The highest BCUT2D eigenvalue weighted by atomic mass is 16.1. The van der Waals surface area contributed by atoms with Gasteiger partial charge in [-0.3, -0.25) is 9.79 Å². The van der Waals surface area contributed by atoms with Gasteiger partial charge in [-0.25, -0.2) is 4.98 Å². The lowest BCUT2D eigenvalue weighted by Crippen LogP contribution is -2.16. The Morgan fingerprint density at radius 2 is 2.21 bits per heavy atom. The fraction of sp³-hybridized carbons (Fsp3) is 0.182. The van der Waals surface area contributed by atoms with Gasteiger partial charge in [0, 0.05) is 36.9 Å². The SMILES string of the molecule is C=CC(CNC)=NC=CNC(C)c1cccc(NC(=O)c2ccc(C#N)nc2)c1. The van der Waals surface area contributed by atoms with Crippen LogP contribution in [0.25, 0.3) is 0 Å². The van der Waals surface area contributed by atoms with Crippen molar-refractivity contribution in [3.63, 3.8) is 0 Å². The van der Waals surface area contributed by atoms with Crippen LogP contribution >= 0.6 is 0 Å². The van der Waals surface area contributed by atoms with E-state index in [4.69, 9.17) is 5.26 Å². The standard InChI is InChI=1S/C22H24N6O/c1-4-19(15-24-3)26-11-10-25-16(2)17-6-5-7-20(12-17)28-22(29)18-8-9-21(13-23)27-14-18/h4-12,14,16,24-25H,1,15H2,2-3H3,(H,28,29). The molecule has 1 amide bonds. The van der Waals surface area contributed by atoms with E-state index in [1.807, 2.05) is 44.3 Å². The minimum atomic E-state index is -0.282. The van der Waals surface area contributed by atoms with Crippen LogP contribution in [0.3, 0.4) is 0 Å². The number of rotatable bonds is 9. The molecule has 0 fully saturated rings. The Balaban J connectivity index is 1.99. The third-order valence-electron chi connectivity index (χ3n) is 4.04. The molecule has 7 heteroatoms. The van der Waals surface area contributed by atoms with Crippen molar-refractivity contribution in [3.05, 3.63) is 84.5 Å². The van der Waals surface area contributed by atoms with Crippen LogP contribution in [-0.4, -0.2) is 30.2 Å². The first kappa shape index (κ1) is 21.5. The van der Waals surface area contributed by atoms with Crippen LogP contribution < -0.4 is 16.0 Å². The second-order valence-electron chi connectivity index (χ2n) is 6.18. The Hall–Kier alpha value is -3.76. The lowest BCUT2D eigenvalue weighted by Gasteiger charge is -2.14. The van der Waals surface area contributed by atoms with Gasteiger partial charge in [-0.15, -0.1) is 0 Å². The number of hydrogen-bond donors (Lipinski definition) is 3. The third-order valence-corrected chi connectivity index (χ3v) is 4.04. The Labute approximate surface area is 170 Å². The second-order valence-corrected chi connectivity index (χ2v) is 6.18. The summed E-state index contributed by atoms with van der Waals surface area (Å²) in [4.78, 5) is 20.6. The highest BCUT2D eigenvalue weighted by Crippen LogP contribution is 2.18. The number of nitriles is 1. The zero-order valence-electron chi connectivity index (χ0n) is 16.5. The summed E-state index contributed by atoms with van der Waals surface area (Å²) in [5.41, 5.74) is 3.19. The average molecular weight is 388 g/mol. The van der Waals surface area contributed by atoms with E-state index in [1.54, 1.807) is 24.5 Å². The normalized spacial score (nSPS) is 12.2. The number of amides is 1. The summed E-state index contributed by atoms with van der Waals surface area (Å²) < 4.78 is 0. The maximum Gasteiger partial charge on any atom is 0.257 e. The molecular weight excluding hydrogens is 364 g/mol. The largest absolute Gasteiger partial charge is 0.383 e. The first-order chi connectivity index (χ1) is 14.1. The molecule has 0 saturated heterocycles. The minimum absolute atomic E-state index is 0.0198. The molecule has 2 aromatic rings. The van der Waals surface area contributed by atoms with E-state index in [0.29, 0.717) is 17.8 Å². The van der Waals surface area contributed by atoms with E-state index in [2.05, 4.69) is 32.5 Å². The van der Waals surface area contributed by atoms with E-state index in [-0.39, 0.29) is 17.6 Å². The van der Waals surface area contributed by atoms with Gasteiger partial charge in [0.1, 0.15) is 11.8 Å². The molecule has 29 heavy (non-hydrogen) atoms. The zero-order valence-corrected chi connectivity index (χ0v) is 16.5. The van der Waals surface area contributed by atoms with Crippen LogP contribution in [0, 0.1) is 11.3 Å². The van der Waals surface area contributed by atoms with Crippen LogP contribution in [0.15, 0.2) is 72.6 Å². The van der Waals surface area contributed by atoms with Gasteiger partial charge < -0.3 is 16.0 Å². The molecule has 0 radical (unpaired) electrons. The number of pyridine rings is 1. The van der Waals surface area contributed by atoms with Crippen molar-refractivity contribution in [2.45, 2.75) is 13.0 Å². The van der Waals surface area contributed by atoms with Crippen molar-refractivity contribution in [2.75, 3.05) is 18.9 Å². The predicted octanol–water partition coefficient (Wildman–Crippen LogP) is 3.17. The van der Waals surface area contributed by atoms with Gasteiger partial charge in [-0.2, -0.15) is 5.26 Å². The Kier molecular flexibility index (Phi) is 8.29. The molecule has 1 unspecified atom stereocenters. The molecular formula is C22H24N6O. The van der Waals surface area contributed by atoms with Crippen molar-refractivity contribution in [1.29, 1.82) is 5.26 Å². The van der Waals surface area contributed by atoms with Crippen LogP contribution in [0.2, 0.25) is 0 Å². The van der Waals surface area contributed by atoms with Gasteiger partial charge in [0.15, 0.2) is 0 Å². The topological polar surface area (TPSA) is 102 Å². The first-order valence-electron chi connectivity index (χ1n) is 9.09. The van der Waals surface area contributed by atoms with Crippen LogP contribution in [0.4, 0.5) is 5.69 Å². The zero-order chi connectivity index (χ0) is 21.1. The van der Waals surface area contributed by atoms with E-state index in [1.165, 1.54) is 12.3 Å². The van der Waals surface area contributed by atoms with Crippen molar-refractivity contribution in [1.82, 2.24) is 15.6 Å². The van der Waals surface area contributed by atoms with Crippen molar-refractivity contribution < 1.29 is 4.79 Å². The van der Waals surface area contributed by atoms with E-state index in [0.717, 1.165) is 11.3 Å². The van der Waals surface area contributed by atoms with Crippen molar-refractivity contribution in [2.24, 2.45) is 4.99 Å². The lowest BCUT2D eigenvalue weighted by molar-refractivity contribution is 0.102. The Morgan fingerprint density at radius 3 is 2.86 bits per heavy atom. The number of anilines is 1. The maximum atomic E-state index is 12.4. The molecule has 1 atom stereocenters. The molecule has 0 aliphatic rings. The molecule has 0 aliphatic heterocycles. The predicted molar refractivity (Wildman–Crippen MR) is 116 cm³/mol. The van der Waals surface area contributed by atoms with E-state index < -0.39 is 0 Å². The minimum Gasteiger partial charge on any atom is -0.383 e. The highest BCUT2D eigenvalue weighted by Gasteiger charge is 2.09. The van der Waals surface area contributed by atoms with Crippen LogP contribution in [0.1, 0.15) is 34.6 Å². The van der Waals surface area contributed by atoms with Gasteiger partial charge in [0.05, 0.1) is 11.3 Å². The summed E-state index contributed by atoms with van der Waals surface area (Å²) in [7, 11) is 1.85. The quantitative estimate of drug-likeness (QED) is 0.573. The van der Waals surface area contributed by atoms with Gasteiger partial charge in [-0.05, 0) is 49.9 Å². The smallest absolute Gasteiger partial charge is 0.257 e. The molecule has 1 heterocycles. The van der Waals surface area contributed by atoms with Gasteiger partial charge >= 0.3 is 0 Å². The number of carbonyl (C=O) groups is 1. The van der Waals surface area contributed by atoms with E-state index >= 15 is 0 Å². The fourth-order valence-electron chi connectivity index (χ4n) is 2.45. The summed E-state index contributed by atoms with van der Waals surface area (Å²) >= 11 is 0. The Morgan fingerprint density at radius 1 is 1.38 bits per heavy atom. The van der Waals surface area contributed by atoms with Crippen LogP contribution in [0.5, 0.6) is 0 Å². The van der Waals surface area contributed by atoms with Crippen molar-refractivity contribution >= 4 is 17.3 Å². The van der Waals surface area contributed by atoms with Crippen LogP contribution in [-0.2, 0) is 0 Å². The highest BCUT2D eigenvalue weighted by molar-refractivity contribution is 6.04. The lowest BCUT2D eigenvalue weighted by atomic mass is 10.1. The van der Waals surface area contributed by atoms with Gasteiger partial charge in [0.25, 0.3) is 5.91 Å². The number of aliphatic imine (C=N–C) groups is 1. The number of nitrogens with zero attached hydrogens (tertiary/aromatic N) is 3. The fourth-order valence-corrected chi connectivity index (χ4v) is 2.45. The molecule has 0 bridgehead atoms. The summed E-state index contributed by atoms with van der Waals surface area (Å²) in [6.45, 7) is 6.40. The van der Waals surface area contributed by atoms with Gasteiger partial charge in [0.2, 0.25) is 0 Å². The maximum absolute atomic E-state index is 12.4. The Bertz CT molecular complexity index is 941. The van der Waals surface area contributed by atoms with Gasteiger partial charge in [-0.1, -0.05) is 18.7 Å². The number of benzene rings is 1. The molecule has 148 valence electrons. The summed E-state index contributed by atoms with van der Waals surface area (Å²) in [5.74, 6) is -0.282. The third kappa shape index (κ3) is 6.72. The molecule has 0 spiro atoms. The molecule has 1 aromatic carbocycles. The van der Waals surface area contributed by atoms with E-state index in [9.17, 15) is 4.79 Å². The summed E-state index contributed by atoms with van der Waals surface area (Å²) in [5, 5.41) is 17.9. The molecule has 7 nitrogen and oxygen atoms in total. The molecule has 0 aliphatic carbocycles. The number of hydrogen-bond acceptors (Lipinski definition) is 6. The second kappa shape index (κ2) is 11.2. The number of carbonyl (C=O) groups excluding carboxylic acids is 1. The first-order valence-corrected chi connectivity index (χ1v) is 9.09. The van der Waals surface area contributed by atoms with Crippen molar-refractivity contribution in [3.8, 4) is 6.07 Å².